The highest BCUT2D eigenvalue weighted by molar-refractivity contribution is 7.98. The van der Waals surface area contributed by atoms with Gasteiger partial charge < -0.3 is 4.57 Å². The van der Waals surface area contributed by atoms with Crippen molar-refractivity contribution in [3.8, 4) is 11.4 Å². The van der Waals surface area contributed by atoms with Crippen molar-refractivity contribution in [2.45, 2.75) is 36.6 Å². The number of hydrogen-bond donors (Lipinski definition) is 0. The third kappa shape index (κ3) is 4.55. The van der Waals surface area contributed by atoms with Gasteiger partial charge in [0.2, 0.25) is 10.0 Å². The molecule has 6 nitrogen and oxygen atoms in total. The second kappa shape index (κ2) is 9.11. The number of sulfonamides is 1. The van der Waals surface area contributed by atoms with Gasteiger partial charge in [0.15, 0.2) is 11.0 Å². The molecule has 0 atom stereocenters. The lowest BCUT2D eigenvalue weighted by Crippen LogP contribution is -2.30. The number of aromatic nitrogens is 3. The Morgan fingerprint density at radius 1 is 1.03 bits per heavy atom. The fourth-order valence-corrected chi connectivity index (χ4v) is 5.61. The zero-order valence-corrected chi connectivity index (χ0v) is 18.8. The molecule has 8 heteroatoms. The number of nitrogens with zero attached hydrogens (tertiary/aromatic N) is 4. The summed E-state index contributed by atoms with van der Waals surface area (Å²) < 4.78 is 29.0. The van der Waals surface area contributed by atoms with E-state index in [1.165, 1.54) is 15.4 Å². The molecule has 0 fully saturated rings. The maximum atomic E-state index is 12.8. The molecule has 0 aliphatic carbocycles. The molecule has 0 N–H and O–H groups in total. The lowest BCUT2D eigenvalue weighted by molar-refractivity contribution is 0.445. The summed E-state index contributed by atoms with van der Waals surface area (Å²) in [6.45, 7) is 6.65. The standard InChI is InChI=1S/C21H26N4O2S2/c1-5-25(6-2)29(26,27)19-13-9-12-17(14-19)20-22-23-21(24(20)4)28-15-18-11-8-7-10-16(18)3/h7-14H,5-6,15H2,1-4H3. The summed E-state index contributed by atoms with van der Waals surface area (Å²) in [6.07, 6.45) is 0. The van der Waals surface area contributed by atoms with Crippen LogP contribution in [0.15, 0.2) is 58.6 Å². The maximum Gasteiger partial charge on any atom is 0.243 e. The smallest absolute Gasteiger partial charge is 0.243 e. The summed E-state index contributed by atoms with van der Waals surface area (Å²) in [5.74, 6) is 1.45. The Labute approximate surface area is 177 Å². The summed E-state index contributed by atoms with van der Waals surface area (Å²) in [5.41, 5.74) is 3.24. The molecule has 0 aliphatic heterocycles. The number of thioether (sulfide) groups is 1. The molecular weight excluding hydrogens is 404 g/mol. The molecule has 3 aromatic rings. The van der Waals surface area contributed by atoms with Gasteiger partial charge in [-0.1, -0.05) is 62.0 Å². The molecule has 0 saturated carbocycles. The minimum Gasteiger partial charge on any atom is -0.305 e. The lowest BCUT2D eigenvalue weighted by Gasteiger charge is -2.18. The maximum absolute atomic E-state index is 12.8. The highest BCUT2D eigenvalue weighted by atomic mass is 32.2. The van der Waals surface area contributed by atoms with E-state index in [4.69, 9.17) is 0 Å². The van der Waals surface area contributed by atoms with Gasteiger partial charge in [-0.3, -0.25) is 0 Å². The lowest BCUT2D eigenvalue weighted by atomic mass is 10.1. The Morgan fingerprint density at radius 3 is 2.45 bits per heavy atom. The third-order valence-electron chi connectivity index (χ3n) is 4.89. The molecule has 0 unspecified atom stereocenters. The van der Waals surface area contributed by atoms with E-state index in [0.29, 0.717) is 18.9 Å². The van der Waals surface area contributed by atoms with Crippen molar-refractivity contribution in [1.82, 2.24) is 19.1 Å². The van der Waals surface area contributed by atoms with Gasteiger partial charge in [-0.15, -0.1) is 10.2 Å². The molecule has 29 heavy (non-hydrogen) atoms. The highest BCUT2D eigenvalue weighted by Crippen LogP contribution is 2.28. The number of hydrogen-bond acceptors (Lipinski definition) is 5. The van der Waals surface area contributed by atoms with Gasteiger partial charge in [-0.05, 0) is 30.2 Å². The second-order valence-electron chi connectivity index (χ2n) is 6.70. The molecule has 2 aromatic carbocycles. The monoisotopic (exact) mass is 430 g/mol. The van der Waals surface area contributed by atoms with Crippen LogP contribution < -0.4 is 0 Å². The fourth-order valence-electron chi connectivity index (χ4n) is 3.11. The zero-order valence-electron chi connectivity index (χ0n) is 17.2. The van der Waals surface area contributed by atoms with Gasteiger partial charge in [0, 0.05) is 31.5 Å². The van der Waals surface area contributed by atoms with Crippen LogP contribution in [0.3, 0.4) is 0 Å². The van der Waals surface area contributed by atoms with Crippen molar-refractivity contribution < 1.29 is 8.42 Å². The Kier molecular flexibility index (Phi) is 6.77. The molecule has 1 heterocycles. The van der Waals surface area contributed by atoms with Crippen LogP contribution in [-0.4, -0.2) is 40.6 Å². The Hall–Kier alpha value is -2.16. The van der Waals surface area contributed by atoms with Crippen LogP contribution in [0.1, 0.15) is 25.0 Å². The first kappa shape index (κ1) is 21.5. The van der Waals surface area contributed by atoms with E-state index in [-0.39, 0.29) is 4.90 Å². The molecular formula is C21H26N4O2S2. The SMILES string of the molecule is CCN(CC)S(=O)(=O)c1cccc(-c2nnc(SCc3ccccc3C)n2C)c1. The first-order valence-corrected chi connectivity index (χ1v) is 12.0. The van der Waals surface area contributed by atoms with Crippen molar-refractivity contribution in [3.63, 3.8) is 0 Å². The summed E-state index contributed by atoms with van der Waals surface area (Å²) >= 11 is 1.61. The van der Waals surface area contributed by atoms with Crippen molar-refractivity contribution in [2.75, 3.05) is 13.1 Å². The van der Waals surface area contributed by atoms with Crippen LogP contribution in [0.5, 0.6) is 0 Å². The van der Waals surface area contributed by atoms with Crippen LogP contribution >= 0.6 is 11.8 Å². The molecule has 0 radical (unpaired) electrons. The Balaban J connectivity index is 1.86. The Bertz CT molecular complexity index is 1090. The minimum atomic E-state index is -3.52. The van der Waals surface area contributed by atoms with E-state index in [9.17, 15) is 8.42 Å². The molecule has 1 aromatic heterocycles. The fraction of sp³-hybridized carbons (Fsp3) is 0.333. The van der Waals surface area contributed by atoms with E-state index >= 15 is 0 Å². The quantitative estimate of drug-likeness (QED) is 0.503. The minimum absolute atomic E-state index is 0.274. The van der Waals surface area contributed by atoms with E-state index in [1.807, 2.05) is 43.7 Å². The normalized spacial score (nSPS) is 11.9. The van der Waals surface area contributed by atoms with Crippen LogP contribution in [0.2, 0.25) is 0 Å². The van der Waals surface area contributed by atoms with Gasteiger partial charge in [-0.2, -0.15) is 4.31 Å². The second-order valence-corrected chi connectivity index (χ2v) is 9.58. The summed E-state index contributed by atoms with van der Waals surface area (Å²) in [7, 11) is -1.61. The van der Waals surface area contributed by atoms with Gasteiger partial charge >= 0.3 is 0 Å². The molecule has 3 rings (SSSR count). The van der Waals surface area contributed by atoms with Gasteiger partial charge in [-0.25, -0.2) is 8.42 Å². The van der Waals surface area contributed by atoms with Crippen molar-refractivity contribution in [2.24, 2.45) is 7.05 Å². The van der Waals surface area contributed by atoms with E-state index in [1.54, 1.807) is 30.0 Å². The Morgan fingerprint density at radius 2 is 1.76 bits per heavy atom. The molecule has 0 bridgehead atoms. The van der Waals surface area contributed by atoms with Crippen molar-refractivity contribution >= 4 is 21.8 Å². The van der Waals surface area contributed by atoms with E-state index in [0.717, 1.165) is 16.5 Å². The van der Waals surface area contributed by atoms with Crippen molar-refractivity contribution in [1.29, 1.82) is 0 Å². The molecule has 0 aliphatic rings. The number of benzene rings is 2. The average Bonchev–Trinajstić information content (AvgIpc) is 3.08. The first-order chi connectivity index (χ1) is 13.9. The van der Waals surface area contributed by atoms with E-state index < -0.39 is 10.0 Å². The van der Waals surface area contributed by atoms with Gasteiger partial charge in [0.05, 0.1) is 4.90 Å². The van der Waals surface area contributed by atoms with Crippen LogP contribution in [0.25, 0.3) is 11.4 Å². The zero-order chi connectivity index (χ0) is 21.0. The van der Waals surface area contributed by atoms with Crippen molar-refractivity contribution in [3.05, 3.63) is 59.7 Å². The van der Waals surface area contributed by atoms with Gasteiger partial charge in [0.1, 0.15) is 0 Å². The predicted molar refractivity (Wildman–Crippen MR) is 117 cm³/mol. The molecule has 0 amide bonds. The van der Waals surface area contributed by atoms with Gasteiger partial charge in [0.25, 0.3) is 0 Å². The first-order valence-electron chi connectivity index (χ1n) is 9.55. The van der Waals surface area contributed by atoms with Crippen LogP contribution in [0, 0.1) is 6.92 Å². The number of aryl methyl sites for hydroxylation is 1. The van der Waals surface area contributed by atoms with Crippen LogP contribution in [0.4, 0.5) is 0 Å². The third-order valence-corrected chi connectivity index (χ3v) is 8.00. The summed E-state index contributed by atoms with van der Waals surface area (Å²) in [6, 6.07) is 15.2. The largest absolute Gasteiger partial charge is 0.305 e. The topological polar surface area (TPSA) is 68.1 Å². The summed E-state index contributed by atoms with van der Waals surface area (Å²) in [4.78, 5) is 0.274. The summed E-state index contributed by atoms with van der Waals surface area (Å²) in [5, 5.41) is 9.42. The molecule has 0 spiro atoms. The number of rotatable bonds is 8. The molecule has 0 saturated heterocycles. The average molecular weight is 431 g/mol. The van der Waals surface area contributed by atoms with Crippen LogP contribution in [-0.2, 0) is 22.8 Å². The highest BCUT2D eigenvalue weighted by Gasteiger charge is 2.22. The van der Waals surface area contributed by atoms with E-state index in [2.05, 4.69) is 29.3 Å². The molecule has 154 valence electrons. The predicted octanol–water partition coefficient (Wildman–Crippen LogP) is 4.11.